The zero-order valence-electron chi connectivity index (χ0n) is 17.9. The van der Waals surface area contributed by atoms with Gasteiger partial charge in [-0.1, -0.05) is 12.1 Å². The molecule has 1 aromatic heterocycles. The number of nitrogens with one attached hydrogen (secondary N) is 1. The van der Waals surface area contributed by atoms with Crippen LogP contribution in [0, 0.1) is 0 Å². The summed E-state index contributed by atoms with van der Waals surface area (Å²) in [6.07, 6.45) is 4.73. The highest BCUT2D eigenvalue weighted by Crippen LogP contribution is 2.30. The van der Waals surface area contributed by atoms with Crippen LogP contribution in [0.15, 0.2) is 60.0 Å². The van der Waals surface area contributed by atoms with E-state index in [1.54, 1.807) is 17.1 Å². The molecule has 0 aliphatic carbocycles. The molecule has 1 atom stereocenters. The predicted octanol–water partition coefficient (Wildman–Crippen LogP) is 2.55. The van der Waals surface area contributed by atoms with Gasteiger partial charge in [0.25, 0.3) is 5.91 Å². The van der Waals surface area contributed by atoms with Crippen molar-refractivity contribution in [2.75, 3.05) is 20.2 Å². The maximum Gasteiger partial charge on any atom is 0.251 e. The van der Waals surface area contributed by atoms with Gasteiger partial charge in [-0.25, -0.2) is 18.1 Å². The minimum absolute atomic E-state index is 0.0133. The minimum atomic E-state index is -3.73. The van der Waals surface area contributed by atoms with E-state index in [9.17, 15) is 13.2 Å². The van der Waals surface area contributed by atoms with Crippen molar-refractivity contribution in [3.63, 3.8) is 0 Å². The minimum Gasteiger partial charge on any atom is -0.495 e. The van der Waals surface area contributed by atoms with E-state index < -0.39 is 10.0 Å². The average Bonchev–Trinajstić information content (AvgIpc) is 3.53. The van der Waals surface area contributed by atoms with Gasteiger partial charge >= 0.3 is 0 Å². The van der Waals surface area contributed by atoms with Gasteiger partial charge in [0.15, 0.2) is 0 Å². The SMILES string of the molecule is COc1ccc(C(=O)N[C@@H](C)c2ccc(-n3cncn3)cc2)cc1S(=O)(=O)N1CCCC1. The number of sulfonamides is 1. The van der Waals surface area contributed by atoms with Gasteiger partial charge < -0.3 is 10.1 Å². The van der Waals surface area contributed by atoms with E-state index in [1.807, 2.05) is 31.2 Å². The normalized spacial score (nSPS) is 15.4. The van der Waals surface area contributed by atoms with Crippen molar-refractivity contribution >= 4 is 15.9 Å². The zero-order chi connectivity index (χ0) is 22.7. The fourth-order valence-electron chi connectivity index (χ4n) is 3.71. The van der Waals surface area contributed by atoms with Crippen LogP contribution in [-0.2, 0) is 10.0 Å². The summed E-state index contributed by atoms with van der Waals surface area (Å²) in [7, 11) is -2.31. The molecule has 0 unspecified atom stereocenters. The Morgan fingerprint density at radius 3 is 2.47 bits per heavy atom. The number of carbonyl (C=O) groups excluding carboxylic acids is 1. The van der Waals surface area contributed by atoms with E-state index in [0.29, 0.717) is 13.1 Å². The molecule has 0 bridgehead atoms. The number of nitrogens with zero attached hydrogens (tertiary/aromatic N) is 4. The highest BCUT2D eigenvalue weighted by atomic mass is 32.2. The molecule has 4 rings (SSSR count). The van der Waals surface area contributed by atoms with E-state index in [2.05, 4.69) is 15.4 Å². The molecule has 1 saturated heterocycles. The van der Waals surface area contributed by atoms with Crippen LogP contribution in [-0.4, -0.2) is 53.6 Å². The zero-order valence-corrected chi connectivity index (χ0v) is 18.7. The van der Waals surface area contributed by atoms with Crippen LogP contribution in [0.3, 0.4) is 0 Å². The molecule has 1 aliphatic heterocycles. The molecular formula is C22H25N5O4S. The lowest BCUT2D eigenvalue weighted by atomic mass is 10.1. The first kappa shape index (κ1) is 22.0. The molecule has 10 heteroatoms. The van der Waals surface area contributed by atoms with Gasteiger partial charge in [0.2, 0.25) is 10.0 Å². The number of methoxy groups -OCH3 is 1. The fraction of sp³-hybridized carbons (Fsp3) is 0.318. The first-order valence-electron chi connectivity index (χ1n) is 10.3. The Hall–Kier alpha value is -3.24. The molecule has 1 amide bonds. The molecule has 32 heavy (non-hydrogen) atoms. The monoisotopic (exact) mass is 455 g/mol. The third-order valence-electron chi connectivity index (χ3n) is 5.53. The van der Waals surface area contributed by atoms with Crippen LogP contribution in [0.25, 0.3) is 5.69 Å². The molecule has 9 nitrogen and oxygen atoms in total. The van der Waals surface area contributed by atoms with Crippen molar-refractivity contribution in [3.05, 3.63) is 66.2 Å². The van der Waals surface area contributed by atoms with Gasteiger partial charge in [0, 0.05) is 18.7 Å². The van der Waals surface area contributed by atoms with Crippen molar-refractivity contribution in [3.8, 4) is 11.4 Å². The molecule has 0 spiro atoms. The highest BCUT2D eigenvalue weighted by Gasteiger charge is 2.30. The maximum atomic E-state index is 13.1. The number of rotatable bonds is 7. The molecule has 0 saturated carbocycles. The van der Waals surface area contributed by atoms with Crippen molar-refractivity contribution in [2.45, 2.75) is 30.7 Å². The van der Waals surface area contributed by atoms with E-state index in [4.69, 9.17) is 4.74 Å². The summed E-state index contributed by atoms with van der Waals surface area (Å²) in [6.45, 7) is 2.82. The molecule has 1 aliphatic rings. The van der Waals surface area contributed by atoms with Crippen LogP contribution in [0.4, 0.5) is 0 Å². The predicted molar refractivity (Wildman–Crippen MR) is 118 cm³/mol. The smallest absolute Gasteiger partial charge is 0.251 e. The Balaban J connectivity index is 1.53. The maximum absolute atomic E-state index is 13.1. The van der Waals surface area contributed by atoms with E-state index in [1.165, 1.54) is 29.9 Å². The largest absolute Gasteiger partial charge is 0.495 e. The summed E-state index contributed by atoms with van der Waals surface area (Å²) in [4.78, 5) is 16.8. The van der Waals surface area contributed by atoms with Gasteiger partial charge in [-0.3, -0.25) is 4.79 Å². The molecule has 3 aromatic rings. The Morgan fingerprint density at radius 1 is 1.12 bits per heavy atom. The van der Waals surface area contributed by atoms with Crippen LogP contribution in [0.5, 0.6) is 5.75 Å². The van der Waals surface area contributed by atoms with Gasteiger partial charge in [0.05, 0.1) is 18.8 Å². The van der Waals surface area contributed by atoms with Crippen molar-refractivity contribution in [1.82, 2.24) is 24.4 Å². The second-order valence-corrected chi connectivity index (χ2v) is 9.51. The summed E-state index contributed by atoms with van der Waals surface area (Å²) in [6, 6.07) is 11.8. The lowest BCUT2D eigenvalue weighted by Crippen LogP contribution is -2.29. The van der Waals surface area contributed by atoms with Gasteiger partial charge in [0.1, 0.15) is 23.3 Å². The van der Waals surface area contributed by atoms with Crippen molar-refractivity contribution in [1.29, 1.82) is 0 Å². The molecule has 1 fully saturated rings. The number of benzene rings is 2. The molecule has 168 valence electrons. The number of aromatic nitrogens is 3. The topological polar surface area (TPSA) is 106 Å². The van der Waals surface area contributed by atoms with E-state index in [-0.39, 0.29) is 28.2 Å². The van der Waals surface area contributed by atoms with Crippen molar-refractivity contribution < 1.29 is 17.9 Å². The Kier molecular flexibility index (Phi) is 6.24. The number of hydrogen-bond acceptors (Lipinski definition) is 6. The van der Waals surface area contributed by atoms with E-state index in [0.717, 1.165) is 24.1 Å². The fourth-order valence-corrected chi connectivity index (χ4v) is 5.41. The molecular weight excluding hydrogens is 430 g/mol. The van der Waals surface area contributed by atoms with Gasteiger partial charge in [-0.05, 0) is 55.7 Å². The lowest BCUT2D eigenvalue weighted by Gasteiger charge is -2.19. The van der Waals surface area contributed by atoms with Crippen LogP contribution >= 0.6 is 0 Å². The summed E-state index contributed by atoms with van der Waals surface area (Å²) < 4.78 is 34.5. The third kappa shape index (κ3) is 4.37. The standard InChI is InChI=1S/C22H25N5O4S/c1-16(17-5-8-19(9-6-17)27-15-23-14-24-27)25-22(28)18-7-10-20(31-2)21(13-18)32(29,30)26-11-3-4-12-26/h5-10,13-16H,3-4,11-12H2,1-2H3,(H,25,28)/t16-/m0/s1. The van der Waals surface area contributed by atoms with E-state index >= 15 is 0 Å². The molecule has 2 heterocycles. The van der Waals surface area contributed by atoms with Crippen LogP contribution in [0.1, 0.15) is 41.7 Å². The molecule has 1 N–H and O–H groups in total. The first-order chi connectivity index (χ1) is 15.4. The van der Waals surface area contributed by atoms with Gasteiger partial charge in [-0.15, -0.1) is 0 Å². The van der Waals surface area contributed by atoms with Gasteiger partial charge in [-0.2, -0.15) is 9.40 Å². The molecule has 2 aromatic carbocycles. The third-order valence-corrected chi connectivity index (χ3v) is 7.45. The highest BCUT2D eigenvalue weighted by molar-refractivity contribution is 7.89. The number of carbonyl (C=O) groups is 1. The average molecular weight is 456 g/mol. The Morgan fingerprint density at radius 2 is 1.84 bits per heavy atom. The van der Waals surface area contributed by atoms with Crippen LogP contribution in [0.2, 0.25) is 0 Å². The Bertz CT molecular complexity index is 1190. The number of hydrogen-bond donors (Lipinski definition) is 1. The lowest BCUT2D eigenvalue weighted by molar-refractivity contribution is 0.0939. The Labute approximate surface area is 187 Å². The second-order valence-electron chi connectivity index (χ2n) is 7.60. The summed E-state index contributed by atoms with van der Waals surface area (Å²) >= 11 is 0. The quantitative estimate of drug-likeness (QED) is 0.587. The number of amides is 1. The second kappa shape index (κ2) is 9.09. The number of ether oxygens (including phenoxy) is 1. The first-order valence-corrected chi connectivity index (χ1v) is 11.8. The summed E-state index contributed by atoms with van der Waals surface area (Å²) in [5.41, 5.74) is 2.02. The summed E-state index contributed by atoms with van der Waals surface area (Å²) in [5.74, 6) is -0.136. The summed E-state index contributed by atoms with van der Waals surface area (Å²) in [5, 5.41) is 7.02. The van der Waals surface area contributed by atoms with Crippen molar-refractivity contribution in [2.24, 2.45) is 0 Å². The molecule has 0 radical (unpaired) electrons. The van der Waals surface area contributed by atoms with Crippen LogP contribution < -0.4 is 10.1 Å².